The summed E-state index contributed by atoms with van der Waals surface area (Å²) in [5.41, 5.74) is 1.14. The van der Waals surface area contributed by atoms with Crippen LogP contribution in [-0.2, 0) is 9.47 Å². The molecule has 8 nitrogen and oxygen atoms in total. The molecule has 1 aromatic carbocycles. The number of benzene rings is 1. The average molecular weight is 466 g/mol. The first-order valence-electron chi connectivity index (χ1n) is 8.12. The van der Waals surface area contributed by atoms with Crippen molar-refractivity contribution in [3.05, 3.63) is 45.0 Å². The fraction of sp³-hybridized carbons (Fsp3) is 0.222. The Balaban J connectivity index is 2.00. The Labute approximate surface area is 172 Å². The summed E-state index contributed by atoms with van der Waals surface area (Å²) in [6.45, 7) is 2.24. The summed E-state index contributed by atoms with van der Waals surface area (Å²) in [5.74, 6) is -1.11. The summed E-state index contributed by atoms with van der Waals surface area (Å²) in [5, 5.41) is 13.1. The van der Waals surface area contributed by atoms with Crippen LogP contribution in [0.4, 0.5) is 11.5 Å². The van der Waals surface area contributed by atoms with E-state index in [0.29, 0.717) is 43.2 Å². The number of aromatic carboxylic acids is 1. The minimum absolute atomic E-state index is 0.0909. The number of hydrogen-bond donors (Lipinski definition) is 2. The number of carboxylic acid groups (broad SMARTS) is 1. The molecule has 0 saturated carbocycles. The summed E-state index contributed by atoms with van der Waals surface area (Å²) in [7, 11) is 1.53. The zero-order valence-corrected chi connectivity index (χ0v) is 17.4. The number of carboxylic acids is 1. The second-order valence-corrected chi connectivity index (χ2v) is 7.62. The number of rotatable bonds is 7. The lowest BCUT2D eigenvalue weighted by atomic mass is 10.1. The van der Waals surface area contributed by atoms with Crippen molar-refractivity contribution >= 4 is 60.9 Å². The van der Waals surface area contributed by atoms with Gasteiger partial charge >= 0.3 is 11.9 Å². The van der Waals surface area contributed by atoms with Gasteiger partial charge in [0.2, 0.25) is 0 Å². The topological polar surface area (TPSA) is 111 Å². The number of fused-ring (bicyclic) bond motifs is 1. The van der Waals surface area contributed by atoms with Crippen LogP contribution >= 0.6 is 27.3 Å². The van der Waals surface area contributed by atoms with Gasteiger partial charge in [0.05, 0.1) is 23.2 Å². The third kappa shape index (κ3) is 4.13. The van der Waals surface area contributed by atoms with Gasteiger partial charge in [-0.3, -0.25) is 0 Å². The first-order valence-corrected chi connectivity index (χ1v) is 9.73. The number of halogens is 1. The number of aromatic nitrogens is 2. The molecule has 3 rings (SSSR count). The zero-order chi connectivity index (χ0) is 20.3. The Bertz CT molecular complexity index is 1050. The predicted molar refractivity (Wildman–Crippen MR) is 109 cm³/mol. The molecule has 0 saturated heterocycles. The van der Waals surface area contributed by atoms with Crippen LogP contribution in [0.25, 0.3) is 10.2 Å². The van der Waals surface area contributed by atoms with Gasteiger partial charge in [-0.15, -0.1) is 11.3 Å². The van der Waals surface area contributed by atoms with E-state index in [1.807, 2.05) is 0 Å². The van der Waals surface area contributed by atoms with E-state index in [2.05, 4.69) is 31.2 Å². The van der Waals surface area contributed by atoms with Crippen LogP contribution in [0, 0.1) is 6.92 Å². The normalized spacial score (nSPS) is 10.8. The molecule has 0 radical (unpaired) electrons. The highest BCUT2D eigenvalue weighted by Crippen LogP contribution is 2.35. The summed E-state index contributed by atoms with van der Waals surface area (Å²) in [6, 6.07) is 4.87. The molecule has 10 heteroatoms. The highest BCUT2D eigenvalue weighted by molar-refractivity contribution is 9.10. The maximum absolute atomic E-state index is 12.3. The molecule has 2 heterocycles. The molecule has 146 valence electrons. The molecule has 0 aliphatic rings. The smallest absolute Gasteiger partial charge is 0.348 e. The largest absolute Gasteiger partial charge is 0.478 e. The molecule has 0 atom stereocenters. The number of aryl methyl sites for hydroxylation is 1. The van der Waals surface area contributed by atoms with E-state index < -0.39 is 11.9 Å². The van der Waals surface area contributed by atoms with Gasteiger partial charge < -0.3 is 19.9 Å². The average Bonchev–Trinajstić information content (AvgIpc) is 3.01. The van der Waals surface area contributed by atoms with Gasteiger partial charge in [0.15, 0.2) is 0 Å². The van der Waals surface area contributed by atoms with Crippen molar-refractivity contribution in [2.24, 2.45) is 0 Å². The minimum atomic E-state index is -1.07. The van der Waals surface area contributed by atoms with Gasteiger partial charge in [0.25, 0.3) is 0 Å². The van der Waals surface area contributed by atoms with E-state index in [9.17, 15) is 14.7 Å². The van der Waals surface area contributed by atoms with E-state index in [4.69, 9.17) is 9.47 Å². The molecular weight excluding hydrogens is 450 g/mol. The number of ether oxygens (including phenoxy) is 2. The summed E-state index contributed by atoms with van der Waals surface area (Å²) >= 11 is 4.47. The van der Waals surface area contributed by atoms with E-state index in [0.717, 1.165) is 0 Å². The van der Waals surface area contributed by atoms with Crippen molar-refractivity contribution in [1.29, 1.82) is 0 Å². The van der Waals surface area contributed by atoms with Gasteiger partial charge in [0, 0.05) is 11.6 Å². The van der Waals surface area contributed by atoms with Gasteiger partial charge in [0.1, 0.15) is 28.5 Å². The number of thiophene rings is 1. The number of nitrogens with zero attached hydrogens (tertiary/aromatic N) is 2. The molecule has 0 amide bonds. The van der Waals surface area contributed by atoms with Crippen LogP contribution in [0.5, 0.6) is 0 Å². The standard InChI is InChI=1S/C18H16BrN3O5S/c1-9-13-15(22-12-4-3-10(19)7-11(12)17(23)24)20-8-21-16(13)28-14(9)18(25)27-6-5-26-2/h3-4,7-8H,5-6H2,1-2H3,(H,23,24)(H,20,21,22). The number of nitrogens with one attached hydrogen (secondary N) is 1. The van der Waals surface area contributed by atoms with Gasteiger partial charge in [-0.05, 0) is 30.7 Å². The highest BCUT2D eigenvalue weighted by Gasteiger charge is 2.21. The highest BCUT2D eigenvalue weighted by atomic mass is 79.9. The van der Waals surface area contributed by atoms with E-state index in [1.165, 1.54) is 30.8 Å². The molecule has 0 spiro atoms. The van der Waals surface area contributed by atoms with Crippen molar-refractivity contribution < 1.29 is 24.2 Å². The van der Waals surface area contributed by atoms with E-state index >= 15 is 0 Å². The molecule has 0 bridgehead atoms. The Kier molecular flexibility index (Phi) is 6.22. The molecular formula is C18H16BrN3O5S. The third-order valence-corrected chi connectivity index (χ3v) is 5.57. The van der Waals surface area contributed by atoms with Crippen molar-refractivity contribution in [2.45, 2.75) is 6.92 Å². The number of anilines is 2. The van der Waals surface area contributed by atoms with Crippen LogP contribution in [0.1, 0.15) is 25.6 Å². The Morgan fingerprint density at radius 2 is 2.07 bits per heavy atom. The second kappa shape index (κ2) is 8.63. The van der Waals surface area contributed by atoms with Crippen molar-refractivity contribution in [3.8, 4) is 0 Å². The summed E-state index contributed by atoms with van der Waals surface area (Å²) in [6.07, 6.45) is 1.36. The number of hydrogen-bond acceptors (Lipinski definition) is 8. The lowest BCUT2D eigenvalue weighted by Gasteiger charge is -2.10. The maximum Gasteiger partial charge on any atom is 0.348 e. The SMILES string of the molecule is COCCOC(=O)c1sc2ncnc(Nc3ccc(Br)cc3C(=O)O)c2c1C. The first kappa shape index (κ1) is 20.2. The number of carbonyl (C=O) groups is 2. The molecule has 0 fully saturated rings. The van der Waals surface area contributed by atoms with Crippen molar-refractivity contribution in [2.75, 3.05) is 25.6 Å². The van der Waals surface area contributed by atoms with Crippen LogP contribution in [0.15, 0.2) is 29.0 Å². The van der Waals surface area contributed by atoms with Crippen molar-refractivity contribution in [1.82, 2.24) is 9.97 Å². The predicted octanol–water partition coefficient (Wildman–Crippen LogP) is 4.01. The maximum atomic E-state index is 12.3. The van der Waals surface area contributed by atoms with Crippen molar-refractivity contribution in [3.63, 3.8) is 0 Å². The summed E-state index contributed by atoms with van der Waals surface area (Å²) in [4.78, 5) is 33.4. The second-order valence-electron chi connectivity index (χ2n) is 5.71. The fourth-order valence-electron chi connectivity index (χ4n) is 2.57. The van der Waals surface area contributed by atoms with Crippen LogP contribution in [0.3, 0.4) is 0 Å². The molecule has 0 unspecified atom stereocenters. The quantitative estimate of drug-likeness (QED) is 0.397. The molecule has 28 heavy (non-hydrogen) atoms. The third-order valence-electron chi connectivity index (χ3n) is 3.90. The molecule has 0 aliphatic heterocycles. The van der Waals surface area contributed by atoms with Gasteiger partial charge in [-0.25, -0.2) is 19.6 Å². The Morgan fingerprint density at radius 3 is 2.79 bits per heavy atom. The van der Waals surface area contributed by atoms with Crippen LogP contribution in [-0.4, -0.2) is 47.3 Å². The van der Waals surface area contributed by atoms with E-state index in [1.54, 1.807) is 19.1 Å². The summed E-state index contributed by atoms with van der Waals surface area (Å²) < 4.78 is 10.7. The minimum Gasteiger partial charge on any atom is -0.478 e. The van der Waals surface area contributed by atoms with Gasteiger partial charge in [-0.1, -0.05) is 15.9 Å². The Morgan fingerprint density at radius 1 is 1.29 bits per heavy atom. The fourth-order valence-corrected chi connectivity index (χ4v) is 3.98. The number of carbonyl (C=O) groups excluding carboxylic acids is 1. The number of methoxy groups -OCH3 is 1. The lowest BCUT2D eigenvalue weighted by Crippen LogP contribution is -2.09. The number of esters is 1. The molecule has 2 N–H and O–H groups in total. The monoisotopic (exact) mass is 465 g/mol. The molecule has 3 aromatic rings. The van der Waals surface area contributed by atoms with E-state index in [-0.39, 0.29) is 12.2 Å². The first-order chi connectivity index (χ1) is 13.4. The Hall–Kier alpha value is -2.56. The zero-order valence-electron chi connectivity index (χ0n) is 15.0. The van der Waals surface area contributed by atoms with Crippen LogP contribution in [0.2, 0.25) is 0 Å². The lowest BCUT2D eigenvalue weighted by molar-refractivity contribution is 0.0392. The molecule has 0 aliphatic carbocycles. The van der Waals surface area contributed by atoms with Gasteiger partial charge in [-0.2, -0.15) is 0 Å². The molecule has 2 aromatic heterocycles. The van der Waals surface area contributed by atoms with Crippen LogP contribution < -0.4 is 5.32 Å².